The third-order valence-corrected chi connectivity index (χ3v) is 9.34. The second kappa shape index (κ2) is 7.94. The van der Waals surface area contributed by atoms with Crippen molar-refractivity contribution in [3.8, 4) is 0 Å². The SMILES string of the molecule is O=C1c2ccccc2C(=O)c2c1n[n+]([O-])n2CCNN1CCN(C23CC4CC(CC(C4)C2)C3)CC1. The first-order valence-corrected chi connectivity index (χ1v) is 13.1. The monoisotopic (exact) mass is 476 g/mol. The smallest absolute Gasteiger partial charge is 0.220 e. The Balaban J connectivity index is 0.984. The summed E-state index contributed by atoms with van der Waals surface area (Å²) in [5.41, 5.74) is 4.59. The number of aromatic nitrogens is 3. The number of benzene rings is 1. The Labute approximate surface area is 204 Å². The minimum atomic E-state index is -0.368. The molecule has 184 valence electrons. The molecule has 35 heavy (non-hydrogen) atoms. The van der Waals surface area contributed by atoms with Crippen LogP contribution in [0.1, 0.15) is 70.6 Å². The third kappa shape index (κ3) is 3.39. The van der Waals surface area contributed by atoms with E-state index in [1.54, 1.807) is 24.3 Å². The number of carbonyl (C=O) groups is 2. The summed E-state index contributed by atoms with van der Waals surface area (Å²) in [6, 6.07) is 6.68. The molecule has 1 saturated heterocycles. The fourth-order valence-corrected chi connectivity index (χ4v) is 8.21. The molecule has 0 unspecified atom stereocenters. The van der Waals surface area contributed by atoms with Gasteiger partial charge in [0.25, 0.3) is 0 Å². The van der Waals surface area contributed by atoms with Gasteiger partial charge in [-0.3, -0.25) is 19.9 Å². The lowest BCUT2D eigenvalue weighted by atomic mass is 9.52. The quantitative estimate of drug-likeness (QED) is 0.439. The summed E-state index contributed by atoms with van der Waals surface area (Å²) < 4.78 is 1.28. The van der Waals surface area contributed by atoms with Crippen LogP contribution in [-0.4, -0.2) is 69.5 Å². The van der Waals surface area contributed by atoms with E-state index in [1.165, 1.54) is 43.2 Å². The molecule has 9 heteroatoms. The van der Waals surface area contributed by atoms with Crippen molar-refractivity contribution in [3.05, 3.63) is 52.0 Å². The van der Waals surface area contributed by atoms with Crippen molar-refractivity contribution in [2.24, 2.45) is 17.8 Å². The van der Waals surface area contributed by atoms with Gasteiger partial charge in [-0.15, -0.1) is 4.68 Å². The zero-order valence-electron chi connectivity index (χ0n) is 20.0. The standard InChI is InChI=1S/C26H32N6O3/c33-24-20-3-1-2-4-21(20)25(34)23-22(24)28-32(35)31(23)6-5-27-30-9-7-29(8-10-30)26-14-17-11-18(15-26)13-19(12-17)16-26/h1-4,17-19,27H,5-16H2. The minimum absolute atomic E-state index is 0.0483. The van der Waals surface area contributed by atoms with E-state index in [0.29, 0.717) is 28.2 Å². The average molecular weight is 477 g/mol. The van der Waals surface area contributed by atoms with Gasteiger partial charge in [0.2, 0.25) is 17.3 Å². The Bertz CT molecular complexity index is 1160. The predicted molar refractivity (Wildman–Crippen MR) is 127 cm³/mol. The van der Waals surface area contributed by atoms with Gasteiger partial charge in [0.1, 0.15) is 0 Å². The molecule has 0 spiro atoms. The summed E-state index contributed by atoms with van der Waals surface area (Å²) in [6.07, 6.45) is 8.61. The first-order chi connectivity index (χ1) is 17.0. The Morgan fingerprint density at radius 3 is 2.17 bits per heavy atom. The van der Waals surface area contributed by atoms with Crippen molar-refractivity contribution in [3.63, 3.8) is 0 Å². The minimum Gasteiger partial charge on any atom is -0.571 e. The molecule has 0 radical (unpaired) electrons. The molecular weight excluding hydrogens is 444 g/mol. The van der Waals surface area contributed by atoms with Crippen LogP contribution in [0.4, 0.5) is 0 Å². The van der Waals surface area contributed by atoms with Crippen LogP contribution < -0.4 is 10.4 Å². The predicted octanol–water partition coefficient (Wildman–Crippen LogP) is 1.38. The van der Waals surface area contributed by atoms with Crippen LogP contribution in [0.15, 0.2) is 24.3 Å². The lowest BCUT2D eigenvalue weighted by molar-refractivity contribution is -0.749. The van der Waals surface area contributed by atoms with Gasteiger partial charge < -0.3 is 5.21 Å². The lowest BCUT2D eigenvalue weighted by Crippen LogP contribution is -2.65. The Hall–Kier alpha value is -2.62. The van der Waals surface area contributed by atoms with Crippen LogP contribution in [0, 0.1) is 23.0 Å². The molecule has 4 bridgehead atoms. The van der Waals surface area contributed by atoms with Crippen molar-refractivity contribution in [2.45, 2.75) is 50.6 Å². The zero-order valence-corrected chi connectivity index (χ0v) is 20.0. The normalized spacial score (nSPS) is 32.2. The molecule has 2 aromatic rings. The average Bonchev–Trinajstić information content (AvgIpc) is 3.18. The number of nitrogens with zero attached hydrogens (tertiary/aromatic N) is 5. The van der Waals surface area contributed by atoms with Crippen molar-refractivity contribution >= 4 is 11.6 Å². The Kier molecular flexibility index (Phi) is 4.91. The van der Waals surface area contributed by atoms with Crippen LogP contribution in [0.25, 0.3) is 0 Å². The van der Waals surface area contributed by atoms with Gasteiger partial charge in [-0.1, -0.05) is 24.3 Å². The summed E-state index contributed by atoms with van der Waals surface area (Å²) in [4.78, 5) is 29.0. The Morgan fingerprint density at radius 1 is 0.943 bits per heavy atom. The number of rotatable bonds is 5. The van der Waals surface area contributed by atoms with Crippen LogP contribution in [0.3, 0.4) is 0 Å². The maximum absolute atomic E-state index is 13.0. The largest absolute Gasteiger partial charge is 0.571 e. The summed E-state index contributed by atoms with van der Waals surface area (Å²) in [7, 11) is 0. The van der Waals surface area contributed by atoms with E-state index in [9.17, 15) is 14.8 Å². The van der Waals surface area contributed by atoms with E-state index in [-0.39, 0.29) is 29.5 Å². The fourth-order valence-electron chi connectivity index (χ4n) is 8.21. The van der Waals surface area contributed by atoms with Crippen molar-refractivity contribution in [2.75, 3.05) is 32.7 Å². The van der Waals surface area contributed by atoms with E-state index in [1.807, 2.05) is 0 Å². The van der Waals surface area contributed by atoms with E-state index in [0.717, 1.165) is 43.9 Å². The number of hydrogen-bond acceptors (Lipinski definition) is 7. The Morgan fingerprint density at radius 2 is 1.54 bits per heavy atom. The molecule has 5 aliphatic carbocycles. The number of fused-ring (bicyclic) bond motifs is 2. The molecule has 1 aromatic carbocycles. The van der Waals surface area contributed by atoms with Crippen molar-refractivity contribution in [1.82, 2.24) is 25.1 Å². The maximum Gasteiger partial charge on any atom is 0.220 e. The van der Waals surface area contributed by atoms with Gasteiger partial charge in [-0.05, 0) is 56.3 Å². The second-order valence-electron chi connectivity index (χ2n) is 11.4. The van der Waals surface area contributed by atoms with Crippen molar-refractivity contribution in [1.29, 1.82) is 0 Å². The molecule has 6 aliphatic rings. The van der Waals surface area contributed by atoms with Gasteiger partial charge in [0.05, 0.1) is 6.54 Å². The van der Waals surface area contributed by atoms with E-state index in [4.69, 9.17) is 0 Å². The number of ketones is 2. The summed E-state index contributed by atoms with van der Waals surface area (Å²) in [6.45, 7) is 4.81. The molecule has 0 amide bonds. The molecule has 2 heterocycles. The maximum atomic E-state index is 13.0. The number of nitrogens with one attached hydrogen (secondary N) is 1. The van der Waals surface area contributed by atoms with Gasteiger partial charge in [0.15, 0.2) is 5.69 Å². The molecule has 1 aliphatic heterocycles. The highest BCUT2D eigenvalue weighted by atomic mass is 16.5. The van der Waals surface area contributed by atoms with Gasteiger partial charge in [-0.2, -0.15) is 0 Å². The highest BCUT2D eigenvalue weighted by Gasteiger charge is 2.53. The lowest BCUT2D eigenvalue weighted by Gasteiger charge is -2.61. The molecule has 9 nitrogen and oxygen atoms in total. The summed E-state index contributed by atoms with van der Waals surface area (Å²) in [5.74, 6) is 2.19. The zero-order chi connectivity index (χ0) is 23.7. The fraction of sp³-hybridized carbons (Fsp3) is 0.615. The molecule has 4 saturated carbocycles. The molecule has 8 rings (SSSR count). The van der Waals surface area contributed by atoms with Gasteiger partial charge in [-0.25, -0.2) is 5.01 Å². The number of hydrogen-bond donors (Lipinski definition) is 1. The van der Waals surface area contributed by atoms with Gasteiger partial charge in [0, 0.05) is 59.4 Å². The van der Waals surface area contributed by atoms with Crippen LogP contribution in [0.5, 0.6) is 0 Å². The number of hydrazine groups is 1. The topological polar surface area (TPSA) is 97.4 Å². The van der Waals surface area contributed by atoms with E-state index < -0.39 is 0 Å². The summed E-state index contributed by atoms with van der Waals surface area (Å²) >= 11 is 0. The van der Waals surface area contributed by atoms with Crippen molar-refractivity contribution < 1.29 is 14.5 Å². The number of carbonyl (C=O) groups excluding carboxylic acids is 2. The molecule has 1 aromatic heterocycles. The van der Waals surface area contributed by atoms with Gasteiger partial charge >= 0.3 is 0 Å². The summed E-state index contributed by atoms with van der Waals surface area (Å²) in [5, 5.41) is 18.6. The highest BCUT2D eigenvalue weighted by molar-refractivity contribution is 6.26. The van der Waals surface area contributed by atoms with E-state index >= 15 is 0 Å². The number of piperazine rings is 1. The molecule has 1 N–H and O–H groups in total. The highest BCUT2D eigenvalue weighted by Crippen LogP contribution is 2.57. The molecule has 0 atom stereocenters. The van der Waals surface area contributed by atoms with E-state index in [2.05, 4.69) is 20.4 Å². The van der Waals surface area contributed by atoms with Crippen LogP contribution in [-0.2, 0) is 6.54 Å². The molecular formula is C26H32N6O3. The first-order valence-electron chi connectivity index (χ1n) is 13.1. The second-order valence-corrected chi connectivity index (χ2v) is 11.4. The first kappa shape index (κ1) is 21.6. The molecule has 5 fully saturated rings. The third-order valence-electron chi connectivity index (χ3n) is 9.34. The van der Waals surface area contributed by atoms with Crippen LogP contribution >= 0.6 is 0 Å². The van der Waals surface area contributed by atoms with Crippen LogP contribution in [0.2, 0.25) is 0 Å².